The van der Waals surface area contributed by atoms with Crippen LogP contribution in [-0.4, -0.2) is 34.5 Å². The van der Waals surface area contributed by atoms with Crippen LogP contribution >= 0.6 is 0 Å². The molecule has 3 aliphatic rings. The number of carbonyl (C=O) groups excluding carboxylic acids is 2. The highest BCUT2D eigenvalue weighted by atomic mass is 16.2. The van der Waals surface area contributed by atoms with Crippen LogP contribution in [-0.2, 0) is 22.7 Å². The van der Waals surface area contributed by atoms with E-state index in [1.807, 2.05) is 42.5 Å². The smallest absolute Gasteiger partial charge is 0.271 e. The maximum Gasteiger partial charge on any atom is 0.271 e. The quantitative estimate of drug-likeness (QED) is 0.820. The molecule has 0 spiro atoms. The second kappa shape index (κ2) is 7.00. The van der Waals surface area contributed by atoms with E-state index < -0.39 is 11.9 Å². The maximum atomic E-state index is 13.0. The highest BCUT2D eigenvalue weighted by molar-refractivity contribution is 6.44. The van der Waals surface area contributed by atoms with Crippen LogP contribution in [0.4, 0.5) is 11.4 Å². The number of hydrazone groups is 1. The fourth-order valence-corrected chi connectivity index (χ4v) is 4.14. The lowest BCUT2D eigenvalue weighted by atomic mass is 10.1. The van der Waals surface area contributed by atoms with Crippen LogP contribution in [0.2, 0.25) is 0 Å². The van der Waals surface area contributed by atoms with Gasteiger partial charge < -0.3 is 11.1 Å². The number of rotatable bonds is 5. The first kappa shape index (κ1) is 17.9. The van der Waals surface area contributed by atoms with Gasteiger partial charge in [-0.3, -0.25) is 19.5 Å². The van der Waals surface area contributed by atoms with Crippen molar-refractivity contribution in [1.82, 2.24) is 4.90 Å². The molecule has 0 radical (unpaired) electrons. The Balaban J connectivity index is 1.37. The summed E-state index contributed by atoms with van der Waals surface area (Å²) in [6, 6.07) is 15.4. The van der Waals surface area contributed by atoms with Gasteiger partial charge in [-0.2, -0.15) is 5.10 Å². The Bertz CT molecular complexity index is 1000. The van der Waals surface area contributed by atoms with Crippen LogP contribution < -0.4 is 16.1 Å². The molecule has 3 N–H and O–H groups in total. The number of anilines is 2. The number of nitrogens with one attached hydrogen (secondary N) is 1. The first-order valence-corrected chi connectivity index (χ1v) is 9.97. The van der Waals surface area contributed by atoms with Gasteiger partial charge in [0.25, 0.3) is 5.91 Å². The molecule has 7 nitrogen and oxygen atoms in total. The Morgan fingerprint density at radius 1 is 1.03 bits per heavy atom. The number of para-hydroxylation sites is 1. The highest BCUT2D eigenvalue weighted by Crippen LogP contribution is 2.37. The molecule has 0 bridgehead atoms. The molecule has 1 aliphatic carbocycles. The van der Waals surface area contributed by atoms with E-state index in [0.717, 1.165) is 24.5 Å². The van der Waals surface area contributed by atoms with Crippen LogP contribution in [0.25, 0.3) is 0 Å². The number of amides is 2. The van der Waals surface area contributed by atoms with Gasteiger partial charge in [0.1, 0.15) is 11.8 Å². The Labute approximate surface area is 169 Å². The molecule has 2 heterocycles. The Kier molecular flexibility index (Phi) is 4.32. The molecule has 29 heavy (non-hydrogen) atoms. The summed E-state index contributed by atoms with van der Waals surface area (Å²) >= 11 is 0. The van der Waals surface area contributed by atoms with Crippen molar-refractivity contribution in [1.29, 1.82) is 0 Å². The molecular formula is C22H23N5O2. The summed E-state index contributed by atoms with van der Waals surface area (Å²) in [4.78, 5) is 27.4. The fraction of sp³-hybridized carbons (Fsp3) is 0.318. The Morgan fingerprint density at radius 3 is 2.55 bits per heavy atom. The fourth-order valence-electron chi connectivity index (χ4n) is 4.14. The minimum atomic E-state index is -0.662. The van der Waals surface area contributed by atoms with E-state index in [9.17, 15) is 9.59 Å². The molecule has 0 aromatic heterocycles. The third-order valence-corrected chi connectivity index (χ3v) is 5.84. The molecule has 0 unspecified atom stereocenters. The number of primary amides is 1. The molecule has 1 fully saturated rings. The van der Waals surface area contributed by atoms with Crippen molar-refractivity contribution in [3.05, 3.63) is 59.7 Å². The zero-order valence-electron chi connectivity index (χ0n) is 16.0. The summed E-state index contributed by atoms with van der Waals surface area (Å²) in [5.41, 5.74) is 9.89. The number of fused-ring (bicyclic) bond motifs is 1. The largest absolute Gasteiger partial charge is 0.368 e. The molecule has 2 amide bonds. The van der Waals surface area contributed by atoms with Crippen molar-refractivity contribution in [3.63, 3.8) is 0 Å². The standard InChI is InChI=1S/C22H23N5O2/c23-21(28)20-11-19(25-27(20)16-6-2-1-3-7-16)22(29)24-18-8-4-5-14-12-26(13-17(14)18)15-9-10-15/h1-8,15,20H,9-13H2,(H2,23,28)(H,24,29)/t20-/m1/s1. The number of benzene rings is 2. The lowest BCUT2D eigenvalue weighted by Crippen LogP contribution is -2.39. The molecule has 0 saturated heterocycles. The first-order chi connectivity index (χ1) is 14.1. The third-order valence-electron chi connectivity index (χ3n) is 5.84. The van der Waals surface area contributed by atoms with Crippen molar-refractivity contribution in [2.24, 2.45) is 10.8 Å². The number of carbonyl (C=O) groups is 2. The summed E-state index contributed by atoms with van der Waals surface area (Å²) in [6.07, 6.45) is 2.71. The molecule has 148 valence electrons. The summed E-state index contributed by atoms with van der Waals surface area (Å²) in [5.74, 6) is -0.783. The average Bonchev–Trinajstić information content (AvgIpc) is 3.31. The van der Waals surface area contributed by atoms with Gasteiger partial charge in [-0.25, -0.2) is 0 Å². The molecule has 2 aromatic rings. The van der Waals surface area contributed by atoms with E-state index in [-0.39, 0.29) is 12.3 Å². The van der Waals surface area contributed by atoms with E-state index in [1.165, 1.54) is 24.0 Å². The minimum Gasteiger partial charge on any atom is -0.368 e. The third kappa shape index (κ3) is 3.38. The van der Waals surface area contributed by atoms with Crippen molar-refractivity contribution in [2.75, 3.05) is 10.3 Å². The minimum absolute atomic E-state index is 0.194. The number of nitrogens with two attached hydrogens (primary N) is 1. The molecule has 1 atom stereocenters. The van der Waals surface area contributed by atoms with Gasteiger partial charge >= 0.3 is 0 Å². The number of hydrogen-bond acceptors (Lipinski definition) is 5. The lowest BCUT2D eigenvalue weighted by molar-refractivity contribution is -0.119. The van der Waals surface area contributed by atoms with Gasteiger partial charge in [0.2, 0.25) is 5.91 Å². The maximum absolute atomic E-state index is 13.0. The van der Waals surface area contributed by atoms with Gasteiger partial charge in [-0.05, 0) is 42.2 Å². The average molecular weight is 389 g/mol. The molecule has 2 aromatic carbocycles. The lowest BCUT2D eigenvalue weighted by Gasteiger charge is -2.20. The summed E-state index contributed by atoms with van der Waals surface area (Å²) < 4.78 is 0. The van der Waals surface area contributed by atoms with E-state index in [1.54, 1.807) is 5.01 Å². The van der Waals surface area contributed by atoms with Crippen molar-refractivity contribution in [2.45, 2.75) is 44.4 Å². The SMILES string of the molecule is NC(=O)[C@H]1CC(C(=O)Nc2cccc3c2CN(C2CC2)C3)=NN1c1ccccc1. The predicted molar refractivity (Wildman–Crippen MR) is 111 cm³/mol. The summed E-state index contributed by atoms with van der Waals surface area (Å²) in [7, 11) is 0. The normalized spacial score (nSPS) is 21.0. The van der Waals surface area contributed by atoms with Crippen molar-refractivity contribution >= 4 is 28.9 Å². The van der Waals surface area contributed by atoms with Gasteiger partial charge in [-0.15, -0.1) is 0 Å². The van der Waals surface area contributed by atoms with E-state index in [0.29, 0.717) is 11.8 Å². The van der Waals surface area contributed by atoms with Crippen LogP contribution in [0.5, 0.6) is 0 Å². The topological polar surface area (TPSA) is 91.0 Å². The molecule has 1 saturated carbocycles. The van der Waals surface area contributed by atoms with Gasteiger partial charge in [0.15, 0.2) is 0 Å². The predicted octanol–water partition coefficient (Wildman–Crippen LogP) is 2.22. The van der Waals surface area contributed by atoms with E-state index in [4.69, 9.17) is 5.73 Å². The van der Waals surface area contributed by atoms with Crippen LogP contribution in [0.1, 0.15) is 30.4 Å². The highest BCUT2D eigenvalue weighted by Gasteiger charge is 2.36. The van der Waals surface area contributed by atoms with Crippen LogP contribution in [0.15, 0.2) is 53.6 Å². The Hall–Kier alpha value is -3.19. The van der Waals surface area contributed by atoms with Gasteiger partial charge in [-0.1, -0.05) is 30.3 Å². The zero-order chi connectivity index (χ0) is 20.0. The van der Waals surface area contributed by atoms with E-state index in [2.05, 4.69) is 21.4 Å². The molecule has 5 rings (SSSR count). The van der Waals surface area contributed by atoms with Crippen LogP contribution in [0, 0.1) is 0 Å². The first-order valence-electron chi connectivity index (χ1n) is 9.97. The molecule has 2 aliphatic heterocycles. The molecule has 7 heteroatoms. The Morgan fingerprint density at radius 2 is 1.83 bits per heavy atom. The monoisotopic (exact) mass is 389 g/mol. The van der Waals surface area contributed by atoms with Crippen molar-refractivity contribution in [3.8, 4) is 0 Å². The van der Waals surface area contributed by atoms with Crippen molar-refractivity contribution < 1.29 is 9.59 Å². The number of hydrogen-bond donors (Lipinski definition) is 2. The zero-order valence-corrected chi connectivity index (χ0v) is 16.0. The van der Waals surface area contributed by atoms with Crippen LogP contribution in [0.3, 0.4) is 0 Å². The number of nitrogens with zero attached hydrogens (tertiary/aromatic N) is 3. The van der Waals surface area contributed by atoms with Gasteiger partial charge in [0, 0.05) is 31.2 Å². The second-order valence-electron chi connectivity index (χ2n) is 7.88. The second-order valence-corrected chi connectivity index (χ2v) is 7.88. The van der Waals surface area contributed by atoms with E-state index >= 15 is 0 Å². The molecular weight excluding hydrogens is 366 g/mol. The summed E-state index contributed by atoms with van der Waals surface area (Å²) in [6.45, 7) is 1.80. The van der Waals surface area contributed by atoms with Gasteiger partial charge in [0.05, 0.1) is 5.69 Å². The summed E-state index contributed by atoms with van der Waals surface area (Å²) in [5, 5.41) is 8.99.